The van der Waals surface area contributed by atoms with Gasteiger partial charge in [0.05, 0.1) is 7.11 Å². The number of oxime groups is 1. The van der Waals surface area contributed by atoms with Crippen LogP contribution in [0.1, 0.15) is 36.1 Å². The molecule has 0 aliphatic rings. The highest BCUT2D eigenvalue weighted by molar-refractivity contribution is 6.69. The van der Waals surface area contributed by atoms with E-state index in [4.69, 9.17) is 16.8 Å². The third kappa shape index (κ3) is 2.33. The maximum absolute atomic E-state index is 11.3. The third-order valence-electron chi connectivity index (χ3n) is 1.92. The highest BCUT2D eigenvalue weighted by Crippen LogP contribution is 2.14. The summed E-state index contributed by atoms with van der Waals surface area (Å²) < 4.78 is 6.02. The number of ether oxygens (including phenoxy) is 1. The molecule has 0 atom stereocenters. The second-order valence-electron chi connectivity index (χ2n) is 3.34. The Hall–Kier alpha value is -1.56. The predicted molar refractivity (Wildman–Crippen MR) is 58.1 cm³/mol. The fourth-order valence-electron chi connectivity index (χ4n) is 1.20. The lowest BCUT2D eigenvalue weighted by Crippen LogP contribution is -2.11. The van der Waals surface area contributed by atoms with Crippen LogP contribution in [-0.4, -0.2) is 33.2 Å². The molecule has 0 fully saturated rings. The van der Waals surface area contributed by atoms with Gasteiger partial charge in [0.25, 0.3) is 0 Å². The first-order chi connectivity index (χ1) is 7.51. The largest absolute Gasteiger partial charge is 0.464 e. The molecule has 1 heterocycles. The Morgan fingerprint density at radius 2 is 2.31 bits per heavy atom. The standard InChI is InChI=1S/C9H12ClN3O3/c1-5(2)13-7(8(10)12-15)4-6(11-13)9(14)16-3/h4-5,15H,1-3H3/b12-8-. The SMILES string of the molecule is COC(=O)c1cc(/C(Cl)=N/O)n(C(C)C)n1. The van der Waals surface area contributed by atoms with Crippen LogP contribution in [0.2, 0.25) is 0 Å². The molecule has 88 valence electrons. The first kappa shape index (κ1) is 12.5. The Morgan fingerprint density at radius 1 is 1.69 bits per heavy atom. The van der Waals surface area contributed by atoms with Crippen molar-refractivity contribution in [2.45, 2.75) is 19.9 Å². The number of hydrogen-bond donors (Lipinski definition) is 1. The number of carbonyl (C=O) groups excluding carboxylic acids is 1. The molecule has 0 aliphatic carbocycles. The van der Waals surface area contributed by atoms with Crippen LogP contribution in [0.25, 0.3) is 0 Å². The van der Waals surface area contributed by atoms with Crippen LogP contribution in [-0.2, 0) is 4.74 Å². The number of nitrogens with zero attached hydrogens (tertiary/aromatic N) is 3. The van der Waals surface area contributed by atoms with Crippen LogP contribution in [0.4, 0.5) is 0 Å². The van der Waals surface area contributed by atoms with Crippen LogP contribution in [0.3, 0.4) is 0 Å². The van der Waals surface area contributed by atoms with Gasteiger partial charge in [-0.3, -0.25) is 4.68 Å². The van der Waals surface area contributed by atoms with Crippen molar-refractivity contribution in [1.82, 2.24) is 9.78 Å². The van der Waals surface area contributed by atoms with Crippen molar-refractivity contribution in [2.75, 3.05) is 7.11 Å². The molecule has 16 heavy (non-hydrogen) atoms. The van der Waals surface area contributed by atoms with E-state index in [9.17, 15) is 4.79 Å². The summed E-state index contributed by atoms with van der Waals surface area (Å²) in [6.45, 7) is 3.72. The topological polar surface area (TPSA) is 76.7 Å². The summed E-state index contributed by atoms with van der Waals surface area (Å²) in [7, 11) is 1.26. The van der Waals surface area contributed by atoms with E-state index in [0.29, 0.717) is 5.69 Å². The molecule has 7 heteroatoms. The molecule has 0 aromatic carbocycles. The first-order valence-electron chi connectivity index (χ1n) is 4.57. The minimum absolute atomic E-state index is 0.0242. The molecule has 0 unspecified atom stereocenters. The van der Waals surface area contributed by atoms with Crippen molar-refractivity contribution in [3.63, 3.8) is 0 Å². The highest BCUT2D eigenvalue weighted by Gasteiger charge is 2.19. The van der Waals surface area contributed by atoms with Gasteiger partial charge in [-0.2, -0.15) is 5.10 Å². The van der Waals surface area contributed by atoms with Crippen molar-refractivity contribution in [3.8, 4) is 0 Å². The van der Waals surface area contributed by atoms with Gasteiger partial charge < -0.3 is 9.94 Å². The minimum Gasteiger partial charge on any atom is -0.464 e. The maximum Gasteiger partial charge on any atom is 0.358 e. The summed E-state index contributed by atoms with van der Waals surface area (Å²) in [5.41, 5.74) is 0.479. The zero-order chi connectivity index (χ0) is 12.3. The Bertz CT molecular complexity index is 426. The van der Waals surface area contributed by atoms with Gasteiger partial charge in [0.1, 0.15) is 5.69 Å². The number of halogens is 1. The van der Waals surface area contributed by atoms with Gasteiger partial charge >= 0.3 is 5.97 Å². The minimum atomic E-state index is -0.567. The molecule has 0 saturated carbocycles. The molecule has 1 aromatic heterocycles. The van der Waals surface area contributed by atoms with E-state index < -0.39 is 5.97 Å². The van der Waals surface area contributed by atoms with Crippen LogP contribution in [0.5, 0.6) is 0 Å². The number of hydrogen-bond acceptors (Lipinski definition) is 5. The molecule has 1 N–H and O–H groups in total. The smallest absolute Gasteiger partial charge is 0.358 e. The molecule has 0 aliphatic heterocycles. The second kappa shape index (κ2) is 4.98. The van der Waals surface area contributed by atoms with Crippen molar-refractivity contribution in [1.29, 1.82) is 0 Å². The number of aromatic nitrogens is 2. The van der Waals surface area contributed by atoms with Crippen LogP contribution >= 0.6 is 11.6 Å². The molecule has 0 bridgehead atoms. The lowest BCUT2D eigenvalue weighted by atomic mass is 10.3. The zero-order valence-corrected chi connectivity index (χ0v) is 9.89. The lowest BCUT2D eigenvalue weighted by molar-refractivity contribution is 0.0593. The molecule has 0 spiro atoms. The Morgan fingerprint density at radius 3 is 2.75 bits per heavy atom. The van der Waals surface area contributed by atoms with Gasteiger partial charge in [-0.25, -0.2) is 4.79 Å². The number of carbonyl (C=O) groups is 1. The molecule has 0 saturated heterocycles. The van der Waals surface area contributed by atoms with Crippen LogP contribution < -0.4 is 0 Å². The number of rotatable bonds is 3. The number of esters is 1. The average Bonchev–Trinajstić information content (AvgIpc) is 2.71. The zero-order valence-electron chi connectivity index (χ0n) is 9.14. The van der Waals surface area contributed by atoms with E-state index in [0.717, 1.165) is 0 Å². The van der Waals surface area contributed by atoms with Gasteiger partial charge in [0.15, 0.2) is 10.9 Å². The summed E-state index contributed by atoms with van der Waals surface area (Å²) >= 11 is 5.69. The van der Waals surface area contributed by atoms with E-state index >= 15 is 0 Å². The van der Waals surface area contributed by atoms with Gasteiger partial charge in [-0.1, -0.05) is 16.8 Å². The van der Waals surface area contributed by atoms with Gasteiger partial charge in [0, 0.05) is 12.1 Å². The molecule has 0 amide bonds. The van der Waals surface area contributed by atoms with Crippen molar-refractivity contribution < 1.29 is 14.7 Å². The molecule has 1 aromatic rings. The quantitative estimate of drug-likeness (QED) is 0.380. The predicted octanol–water partition coefficient (Wildman–Crippen LogP) is 1.63. The second-order valence-corrected chi connectivity index (χ2v) is 3.69. The van der Waals surface area contributed by atoms with E-state index in [1.54, 1.807) is 0 Å². The van der Waals surface area contributed by atoms with Gasteiger partial charge in [-0.15, -0.1) is 0 Å². The fourth-order valence-corrected chi connectivity index (χ4v) is 1.34. The van der Waals surface area contributed by atoms with Crippen molar-refractivity contribution in [2.24, 2.45) is 5.16 Å². The van der Waals surface area contributed by atoms with Crippen molar-refractivity contribution in [3.05, 3.63) is 17.5 Å². The summed E-state index contributed by atoms with van der Waals surface area (Å²) in [6, 6.07) is 1.39. The molecule has 6 nitrogen and oxygen atoms in total. The third-order valence-corrected chi connectivity index (χ3v) is 2.19. The summed E-state index contributed by atoms with van der Waals surface area (Å²) in [6.07, 6.45) is 0. The Balaban J connectivity index is 3.26. The highest BCUT2D eigenvalue weighted by atomic mass is 35.5. The monoisotopic (exact) mass is 245 g/mol. The van der Waals surface area contributed by atoms with E-state index in [2.05, 4.69) is 15.0 Å². The lowest BCUT2D eigenvalue weighted by Gasteiger charge is -2.08. The fraction of sp³-hybridized carbons (Fsp3) is 0.444. The van der Waals surface area contributed by atoms with E-state index in [1.807, 2.05) is 13.8 Å². The van der Waals surface area contributed by atoms with Gasteiger partial charge in [0.2, 0.25) is 0 Å². The Labute approximate surface area is 97.5 Å². The number of methoxy groups -OCH3 is 1. The van der Waals surface area contributed by atoms with Crippen LogP contribution in [0, 0.1) is 0 Å². The maximum atomic E-state index is 11.3. The van der Waals surface area contributed by atoms with Gasteiger partial charge in [-0.05, 0) is 13.8 Å². The molecule has 1 rings (SSSR count). The first-order valence-corrected chi connectivity index (χ1v) is 4.94. The Kier molecular flexibility index (Phi) is 3.89. The van der Waals surface area contributed by atoms with E-state index in [1.165, 1.54) is 17.9 Å². The van der Waals surface area contributed by atoms with E-state index in [-0.39, 0.29) is 16.9 Å². The summed E-state index contributed by atoms with van der Waals surface area (Å²) in [5.74, 6) is -0.567. The average molecular weight is 246 g/mol. The molecule has 0 radical (unpaired) electrons. The summed E-state index contributed by atoms with van der Waals surface area (Å²) in [4.78, 5) is 11.3. The van der Waals surface area contributed by atoms with Crippen LogP contribution in [0.15, 0.2) is 11.2 Å². The molecular formula is C9H12ClN3O3. The summed E-state index contributed by atoms with van der Waals surface area (Å²) in [5, 5.41) is 15.4. The normalized spacial score (nSPS) is 11.9. The molecular weight excluding hydrogens is 234 g/mol. The van der Waals surface area contributed by atoms with Crippen molar-refractivity contribution >= 4 is 22.7 Å².